The highest BCUT2D eigenvalue weighted by molar-refractivity contribution is 5.55. The Morgan fingerprint density at radius 1 is 1.00 bits per heavy atom. The zero-order valence-corrected chi connectivity index (χ0v) is 11.9. The molecule has 3 heteroatoms. The molecule has 1 aromatic rings. The van der Waals surface area contributed by atoms with Gasteiger partial charge in [-0.1, -0.05) is 34.1 Å². The molecule has 0 saturated heterocycles. The van der Waals surface area contributed by atoms with Crippen LogP contribution in [-0.4, -0.2) is 4.92 Å². The van der Waals surface area contributed by atoms with Crippen LogP contribution in [0.2, 0.25) is 0 Å². The summed E-state index contributed by atoms with van der Waals surface area (Å²) >= 11 is 0. The molecule has 0 spiro atoms. The van der Waals surface area contributed by atoms with Crippen molar-refractivity contribution in [2.24, 2.45) is 0 Å². The fraction of sp³-hybridized carbons (Fsp3) is 0.600. The van der Waals surface area contributed by atoms with Crippen molar-refractivity contribution < 1.29 is 4.92 Å². The molecule has 18 heavy (non-hydrogen) atoms. The van der Waals surface area contributed by atoms with Crippen LogP contribution in [0.1, 0.15) is 56.4 Å². The van der Waals surface area contributed by atoms with Crippen LogP contribution in [0.4, 0.5) is 5.69 Å². The second kappa shape index (κ2) is 6.53. The van der Waals surface area contributed by atoms with Crippen molar-refractivity contribution in [3.05, 3.63) is 38.4 Å². The van der Waals surface area contributed by atoms with Crippen molar-refractivity contribution in [1.29, 1.82) is 0 Å². The summed E-state index contributed by atoms with van der Waals surface area (Å²) in [6, 6.07) is 2.06. The van der Waals surface area contributed by atoms with Crippen LogP contribution in [0.3, 0.4) is 0 Å². The molecule has 0 atom stereocenters. The van der Waals surface area contributed by atoms with Gasteiger partial charge < -0.3 is 0 Å². The van der Waals surface area contributed by atoms with Gasteiger partial charge in [-0.3, -0.25) is 10.1 Å². The molecule has 0 radical (unpaired) electrons. The third-order valence-electron chi connectivity index (χ3n) is 3.48. The minimum absolute atomic E-state index is 0.202. The third-order valence-corrected chi connectivity index (χ3v) is 3.48. The van der Waals surface area contributed by atoms with Gasteiger partial charge in [0.2, 0.25) is 0 Å². The molecule has 0 aliphatic carbocycles. The summed E-state index contributed by atoms with van der Waals surface area (Å²) in [5, 5.41) is 11.3. The van der Waals surface area contributed by atoms with Crippen molar-refractivity contribution in [1.82, 2.24) is 0 Å². The second-order valence-electron chi connectivity index (χ2n) is 4.57. The van der Waals surface area contributed by atoms with Gasteiger partial charge in [0, 0.05) is 11.1 Å². The Kier molecular flexibility index (Phi) is 5.32. The number of nitro benzene ring substituents is 1. The Labute approximate surface area is 109 Å². The SMILES string of the molecule is CCCc1cc(CC)c([N+](=O)[O-])c(CC)c1CC. The number of rotatable bonds is 6. The molecule has 0 bridgehead atoms. The van der Waals surface area contributed by atoms with Crippen molar-refractivity contribution in [2.45, 2.75) is 59.8 Å². The molecule has 0 saturated carbocycles. The first-order chi connectivity index (χ1) is 8.60. The average molecular weight is 249 g/mol. The molecule has 1 aromatic carbocycles. The second-order valence-corrected chi connectivity index (χ2v) is 4.57. The number of hydrogen-bond acceptors (Lipinski definition) is 2. The van der Waals surface area contributed by atoms with Crippen LogP contribution in [0.15, 0.2) is 6.07 Å². The van der Waals surface area contributed by atoms with Gasteiger partial charge in [-0.2, -0.15) is 0 Å². The van der Waals surface area contributed by atoms with Gasteiger partial charge >= 0.3 is 0 Å². The lowest BCUT2D eigenvalue weighted by Gasteiger charge is -2.15. The Hall–Kier alpha value is -1.38. The van der Waals surface area contributed by atoms with Crippen molar-refractivity contribution >= 4 is 5.69 Å². The first-order valence-corrected chi connectivity index (χ1v) is 6.91. The van der Waals surface area contributed by atoms with Crippen molar-refractivity contribution in [3.63, 3.8) is 0 Å². The number of hydrogen-bond donors (Lipinski definition) is 0. The van der Waals surface area contributed by atoms with Crippen molar-refractivity contribution in [2.75, 3.05) is 0 Å². The van der Waals surface area contributed by atoms with E-state index in [2.05, 4.69) is 19.9 Å². The molecule has 1 rings (SSSR count). The summed E-state index contributed by atoms with van der Waals surface area (Å²) in [6.45, 7) is 8.24. The summed E-state index contributed by atoms with van der Waals surface area (Å²) in [4.78, 5) is 11.1. The number of nitro groups is 1. The van der Waals surface area contributed by atoms with Gasteiger partial charge in [0.1, 0.15) is 0 Å². The smallest absolute Gasteiger partial charge is 0.258 e. The summed E-state index contributed by atoms with van der Waals surface area (Å²) < 4.78 is 0. The van der Waals surface area contributed by atoms with Gasteiger partial charge in [-0.15, -0.1) is 0 Å². The lowest BCUT2D eigenvalue weighted by molar-refractivity contribution is -0.386. The first-order valence-electron chi connectivity index (χ1n) is 6.91. The topological polar surface area (TPSA) is 43.1 Å². The lowest BCUT2D eigenvalue weighted by Crippen LogP contribution is -2.07. The fourth-order valence-corrected chi connectivity index (χ4v) is 2.71. The molecule has 0 unspecified atom stereocenters. The summed E-state index contributed by atoms with van der Waals surface area (Å²) in [5.41, 5.74) is 4.70. The number of aryl methyl sites for hydroxylation is 2. The van der Waals surface area contributed by atoms with Gasteiger partial charge in [0.05, 0.1) is 4.92 Å². The van der Waals surface area contributed by atoms with E-state index in [9.17, 15) is 10.1 Å². The highest BCUT2D eigenvalue weighted by Crippen LogP contribution is 2.32. The molecule has 0 aliphatic heterocycles. The fourth-order valence-electron chi connectivity index (χ4n) is 2.71. The normalized spacial score (nSPS) is 10.7. The zero-order valence-electron chi connectivity index (χ0n) is 11.9. The molecule has 100 valence electrons. The first kappa shape index (κ1) is 14.7. The maximum Gasteiger partial charge on any atom is 0.276 e. The van der Waals surface area contributed by atoms with E-state index >= 15 is 0 Å². The Balaban J connectivity index is 3.56. The summed E-state index contributed by atoms with van der Waals surface area (Å²) in [5.74, 6) is 0. The maximum absolute atomic E-state index is 11.3. The minimum Gasteiger partial charge on any atom is -0.258 e. The average Bonchev–Trinajstić information content (AvgIpc) is 2.36. The van der Waals surface area contributed by atoms with E-state index in [-0.39, 0.29) is 4.92 Å². The van der Waals surface area contributed by atoms with Crippen LogP contribution in [0, 0.1) is 10.1 Å². The Morgan fingerprint density at radius 3 is 2.00 bits per heavy atom. The van der Waals surface area contributed by atoms with Crippen LogP contribution in [0.25, 0.3) is 0 Å². The van der Waals surface area contributed by atoms with E-state index in [4.69, 9.17) is 0 Å². The minimum atomic E-state index is -0.202. The summed E-state index contributed by atoms with van der Waals surface area (Å²) in [6.07, 6.45) is 4.44. The van der Waals surface area contributed by atoms with Gasteiger partial charge in [-0.25, -0.2) is 0 Å². The van der Waals surface area contributed by atoms with E-state index in [0.29, 0.717) is 5.69 Å². The lowest BCUT2D eigenvalue weighted by atomic mass is 9.89. The molecule has 0 aromatic heterocycles. The molecule has 0 heterocycles. The van der Waals surface area contributed by atoms with Crippen LogP contribution < -0.4 is 0 Å². The zero-order chi connectivity index (χ0) is 13.7. The molecule has 0 fully saturated rings. The molecule has 3 nitrogen and oxygen atoms in total. The highest BCUT2D eigenvalue weighted by Gasteiger charge is 2.22. The number of nitrogens with zero attached hydrogens (tertiary/aromatic N) is 1. The molecule has 0 aliphatic rings. The highest BCUT2D eigenvalue weighted by atomic mass is 16.6. The molecule has 0 N–H and O–H groups in total. The molecular formula is C15H23NO2. The van der Waals surface area contributed by atoms with E-state index in [0.717, 1.165) is 43.2 Å². The van der Waals surface area contributed by atoms with E-state index < -0.39 is 0 Å². The molecular weight excluding hydrogens is 226 g/mol. The van der Waals surface area contributed by atoms with Crippen LogP contribution in [0.5, 0.6) is 0 Å². The standard InChI is InChI=1S/C15H23NO2/c1-5-9-12-10-11(6-2)15(16(17)18)14(8-4)13(12)7-3/h10H,5-9H2,1-4H3. The Morgan fingerprint density at radius 2 is 1.61 bits per heavy atom. The van der Waals surface area contributed by atoms with Gasteiger partial charge in [0.15, 0.2) is 0 Å². The quantitative estimate of drug-likeness (QED) is 0.559. The van der Waals surface area contributed by atoms with Gasteiger partial charge in [-0.05, 0) is 42.9 Å². The van der Waals surface area contributed by atoms with E-state index in [1.54, 1.807) is 0 Å². The number of benzene rings is 1. The van der Waals surface area contributed by atoms with E-state index in [1.165, 1.54) is 11.1 Å². The van der Waals surface area contributed by atoms with Crippen molar-refractivity contribution in [3.8, 4) is 0 Å². The van der Waals surface area contributed by atoms with Gasteiger partial charge in [0.25, 0.3) is 5.69 Å². The van der Waals surface area contributed by atoms with Crippen LogP contribution in [-0.2, 0) is 25.7 Å². The predicted molar refractivity (Wildman–Crippen MR) is 75.2 cm³/mol. The third kappa shape index (κ3) is 2.71. The van der Waals surface area contributed by atoms with Crippen LogP contribution >= 0.6 is 0 Å². The molecule has 0 amide bonds. The Bertz CT molecular complexity index is 439. The largest absolute Gasteiger partial charge is 0.276 e. The maximum atomic E-state index is 11.3. The summed E-state index contributed by atoms with van der Waals surface area (Å²) in [7, 11) is 0. The van der Waals surface area contributed by atoms with E-state index in [1.807, 2.05) is 13.8 Å². The monoisotopic (exact) mass is 249 g/mol. The predicted octanol–water partition coefficient (Wildman–Crippen LogP) is 4.23.